The molecule has 2 aromatic rings. The standard InChI is InChI=1S/C22H27FN2O3/c1-27-20-11-6-17(16-21(20)28-2)4-3-5-22(26)25-14-12-24(13-15-25)19-9-7-18(23)8-10-19/h6-11,16H,3-5,12-15H2,1-2H3. The molecule has 0 aliphatic carbocycles. The topological polar surface area (TPSA) is 42.0 Å². The number of hydrogen-bond donors (Lipinski definition) is 0. The molecule has 1 heterocycles. The van der Waals surface area contributed by atoms with Crippen LogP contribution in [0.3, 0.4) is 0 Å². The van der Waals surface area contributed by atoms with Crippen LogP contribution < -0.4 is 14.4 Å². The summed E-state index contributed by atoms with van der Waals surface area (Å²) in [4.78, 5) is 16.6. The van der Waals surface area contributed by atoms with Gasteiger partial charge < -0.3 is 19.3 Å². The molecule has 0 saturated carbocycles. The van der Waals surface area contributed by atoms with Crippen molar-refractivity contribution in [3.05, 3.63) is 53.8 Å². The van der Waals surface area contributed by atoms with Crippen molar-refractivity contribution in [3.63, 3.8) is 0 Å². The van der Waals surface area contributed by atoms with Crippen LogP contribution in [0.5, 0.6) is 11.5 Å². The quantitative estimate of drug-likeness (QED) is 0.730. The Morgan fingerprint density at radius 1 is 0.964 bits per heavy atom. The zero-order valence-corrected chi connectivity index (χ0v) is 16.5. The normalized spacial score (nSPS) is 14.1. The largest absolute Gasteiger partial charge is 0.493 e. The second kappa shape index (κ2) is 9.44. The number of anilines is 1. The zero-order chi connectivity index (χ0) is 19.9. The lowest BCUT2D eigenvalue weighted by atomic mass is 10.1. The fraction of sp³-hybridized carbons (Fsp3) is 0.409. The van der Waals surface area contributed by atoms with Crippen molar-refractivity contribution >= 4 is 11.6 Å². The maximum absolute atomic E-state index is 13.1. The maximum atomic E-state index is 13.1. The van der Waals surface area contributed by atoms with E-state index in [0.717, 1.165) is 37.2 Å². The Balaban J connectivity index is 1.44. The maximum Gasteiger partial charge on any atom is 0.222 e. The van der Waals surface area contributed by atoms with Crippen LogP contribution in [-0.4, -0.2) is 51.2 Å². The summed E-state index contributed by atoms with van der Waals surface area (Å²) in [5.74, 6) is 1.39. The average Bonchev–Trinajstić information content (AvgIpc) is 2.74. The molecule has 2 aromatic carbocycles. The molecule has 1 aliphatic heterocycles. The summed E-state index contributed by atoms with van der Waals surface area (Å²) in [6.45, 7) is 2.94. The summed E-state index contributed by atoms with van der Waals surface area (Å²) in [6.07, 6.45) is 2.15. The number of ether oxygens (including phenoxy) is 2. The molecule has 28 heavy (non-hydrogen) atoms. The lowest BCUT2D eigenvalue weighted by molar-refractivity contribution is -0.131. The third-order valence-corrected chi connectivity index (χ3v) is 5.13. The van der Waals surface area contributed by atoms with Gasteiger partial charge in [0.05, 0.1) is 14.2 Å². The van der Waals surface area contributed by atoms with E-state index in [9.17, 15) is 9.18 Å². The van der Waals surface area contributed by atoms with E-state index < -0.39 is 0 Å². The number of benzene rings is 2. The van der Waals surface area contributed by atoms with Crippen LogP contribution in [0, 0.1) is 5.82 Å². The Kier molecular flexibility index (Phi) is 6.74. The van der Waals surface area contributed by atoms with E-state index in [1.165, 1.54) is 12.1 Å². The smallest absolute Gasteiger partial charge is 0.222 e. The summed E-state index contributed by atoms with van der Waals surface area (Å²) in [5.41, 5.74) is 2.13. The van der Waals surface area contributed by atoms with Crippen molar-refractivity contribution in [2.24, 2.45) is 0 Å². The number of rotatable bonds is 7. The predicted molar refractivity (Wildman–Crippen MR) is 108 cm³/mol. The molecule has 6 heteroatoms. The van der Waals surface area contributed by atoms with Crippen LogP contribution in [-0.2, 0) is 11.2 Å². The molecule has 150 valence electrons. The van der Waals surface area contributed by atoms with Gasteiger partial charge in [-0.3, -0.25) is 4.79 Å². The van der Waals surface area contributed by atoms with Gasteiger partial charge in [-0.1, -0.05) is 6.07 Å². The molecule has 3 rings (SSSR count). The number of aryl methyl sites for hydroxylation is 1. The molecule has 0 unspecified atom stereocenters. The van der Waals surface area contributed by atoms with E-state index in [0.29, 0.717) is 31.0 Å². The lowest BCUT2D eigenvalue weighted by Gasteiger charge is -2.36. The minimum absolute atomic E-state index is 0.194. The molecule has 1 fully saturated rings. The third-order valence-electron chi connectivity index (χ3n) is 5.13. The highest BCUT2D eigenvalue weighted by atomic mass is 19.1. The molecule has 1 saturated heterocycles. The van der Waals surface area contributed by atoms with Crippen LogP contribution in [0.15, 0.2) is 42.5 Å². The average molecular weight is 386 g/mol. The number of methoxy groups -OCH3 is 2. The number of carbonyl (C=O) groups excluding carboxylic acids is 1. The van der Waals surface area contributed by atoms with Gasteiger partial charge in [0.25, 0.3) is 0 Å². The fourth-order valence-corrected chi connectivity index (χ4v) is 3.50. The summed E-state index contributed by atoms with van der Waals surface area (Å²) < 4.78 is 23.6. The molecule has 0 bridgehead atoms. The van der Waals surface area contributed by atoms with E-state index in [2.05, 4.69) is 4.90 Å². The fourth-order valence-electron chi connectivity index (χ4n) is 3.50. The highest BCUT2D eigenvalue weighted by Gasteiger charge is 2.21. The van der Waals surface area contributed by atoms with E-state index in [-0.39, 0.29) is 11.7 Å². The molecule has 0 N–H and O–H groups in total. The number of hydrogen-bond acceptors (Lipinski definition) is 4. The molecule has 0 atom stereocenters. The monoisotopic (exact) mass is 386 g/mol. The number of amides is 1. The first-order valence-electron chi connectivity index (χ1n) is 9.60. The summed E-state index contributed by atoms with van der Waals surface area (Å²) in [6, 6.07) is 12.4. The van der Waals surface area contributed by atoms with Crippen molar-refractivity contribution in [3.8, 4) is 11.5 Å². The zero-order valence-electron chi connectivity index (χ0n) is 16.5. The van der Waals surface area contributed by atoms with Crippen LogP contribution in [0.2, 0.25) is 0 Å². The SMILES string of the molecule is COc1ccc(CCCC(=O)N2CCN(c3ccc(F)cc3)CC2)cc1OC. The minimum Gasteiger partial charge on any atom is -0.493 e. The minimum atomic E-state index is -0.230. The Hall–Kier alpha value is -2.76. The molecular formula is C22H27FN2O3. The first-order chi connectivity index (χ1) is 13.6. The highest BCUT2D eigenvalue weighted by molar-refractivity contribution is 5.76. The van der Waals surface area contributed by atoms with E-state index in [1.54, 1.807) is 26.4 Å². The van der Waals surface area contributed by atoms with Gasteiger partial charge in [-0.2, -0.15) is 0 Å². The Labute approximate surface area is 165 Å². The van der Waals surface area contributed by atoms with Crippen LogP contribution in [0.25, 0.3) is 0 Å². The van der Waals surface area contributed by atoms with Gasteiger partial charge in [0.15, 0.2) is 11.5 Å². The summed E-state index contributed by atoms with van der Waals surface area (Å²) >= 11 is 0. The second-order valence-corrected chi connectivity index (χ2v) is 6.89. The van der Waals surface area contributed by atoms with Crippen LogP contribution >= 0.6 is 0 Å². The molecule has 1 aliphatic rings. The van der Waals surface area contributed by atoms with Crippen molar-refractivity contribution in [1.29, 1.82) is 0 Å². The van der Waals surface area contributed by atoms with E-state index in [1.807, 2.05) is 23.1 Å². The van der Waals surface area contributed by atoms with Crippen LogP contribution in [0.1, 0.15) is 18.4 Å². The lowest BCUT2D eigenvalue weighted by Crippen LogP contribution is -2.48. The highest BCUT2D eigenvalue weighted by Crippen LogP contribution is 2.28. The predicted octanol–water partition coefficient (Wildman–Crippen LogP) is 3.51. The van der Waals surface area contributed by atoms with Crippen LogP contribution in [0.4, 0.5) is 10.1 Å². The Morgan fingerprint density at radius 3 is 2.29 bits per heavy atom. The molecule has 5 nitrogen and oxygen atoms in total. The van der Waals surface area contributed by atoms with Gasteiger partial charge in [0.1, 0.15) is 5.82 Å². The van der Waals surface area contributed by atoms with Gasteiger partial charge >= 0.3 is 0 Å². The number of halogens is 1. The molecule has 0 spiro atoms. The van der Waals surface area contributed by atoms with Crippen molar-refractivity contribution < 1.29 is 18.7 Å². The number of carbonyl (C=O) groups is 1. The van der Waals surface area contributed by atoms with E-state index >= 15 is 0 Å². The first kappa shape index (κ1) is 20.0. The van der Waals surface area contributed by atoms with Crippen molar-refractivity contribution in [2.45, 2.75) is 19.3 Å². The molecular weight excluding hydrogens is 359 g/mol. The summed E-state index contributed by atoms with van der Waals surface area (Å²) in [5, 5.41) is 0. The Morgan fingerprint density at radius 2 is 1.64 bits per heavy atom. The summed E-state index contributed by atoms with van der Waals surface area (Å²) in [7, 11) is 3.24. The van der Waals surface area contributed by atoms with Gasteiger partial charge in [-0.25, -0.2) is 4.39 Å². The third kappa shape index (κ3) is 4.94. The van der Waals surface area contributed by atoms with Crippen molar-refractivity contribution in [1.82, 2.24) is 4.90 Å². The molecule has 0 aromatic heterocycles. The number of piperazine rings is 1. The van der Waals surface area contributed by atoms with E-state index in [4.69, 9.17) is 9.47 Å². The molecule has 1 amide bonds. The van der Waals surface area contributed by atoms with Gasteiger partial charge in [-0.05, 0) is 54.8 Å². The van der Waals surface area contributed by atoms with Gasteiger partial charge in [-0.15, -0.1) is 0 Å². The van der Waals surface area contributed by atoms with Crippen molar-refractivity contribution in [2.75, 3.05) is 45.3 Å². The second-order valence-electron chi connectivity index (χ2n) is 6.89. The number of nitrogens with zero attached hydrogens (tertiary/aromatic N) is 2. The molecule has 0 radical (unpaired) electrons. The Bertz CT molecular complexity index is 787. The van der Waals surface area contributed by atoms with Gasteiger partial charge in [0, 0.05) is 38.3 Å². The van der Waals surface area contributed by atoms with Gasteiger partial charge in [0.2, 0.25) is 5.91 Å². The first-order valence-corrected chi connectivity index (χ1v) is 9.60.